The summed E-state index contributed by atoms with van der Waals surface area (Å²) in [7, 11) is 0. The topological polar surface area (TPSA) is 93.1 Å². The molecule has 0 atom stereocenters. The lowest BCUT2D eigenvalue weighted by atomic mass is 10.1. The number of hydrogen-bond donors (Lipinski definition) is 1. The van der Waals surface area contributed by atoms with Gasteiger partial charge in [-0.15, -0.1) is 10.2 Å². The molecule has 2 aromatic heterocycles. The Hall–Kier alpha value is -2.66. The fourth-order valence-electron chi connectivity index (χ4n) is 2.44. The molecule has 0 spiro atoms. The van der Waals surface area contributed by atoms with Crippen LogP contribution in [0.2, 0.25) is 0 Å². The number of amides is 1. The predicted molar refractivity (Wildman–Crippen MR) is 101 cm³/mol. The lowest BCUT2D eigenvalue weighted by Gasteiger charge is -2.39. The summed E-state index contributed by atoms with van der Waals surface area (Å²) in [6.45, 7) is 1.18. The van der Waals surface area contributed by atoms with Gasteiger partial charge in [0.1, 0.15) is 34.7 Å². The number of anilines is 2. The Balaban J connectivity index is 1.33. The summed E-state index contributed by atoms with van der Waals surface area (Å²) < 4.78 is 19.8. The van der Waals surface area contributed by atoms with Crippen molar-refractivity contribution < 1.29 is 13.9 Å². The SMILES string of the molecule is O=C(Nc1nncs1)c1cnc(N2CC(Oc3cc(F)ccc3Br)C2)cn1. The molecule has 0 radical (unpaired) electrons. The first kappa shape index (κ1) is 17.7. The fraction of sp³-hybridized carbons (Fsp3) is 0.188. The third-order valence-corrected chi connectivity index (χ3v) is 5.07. The minimum atomic E-state index is -0.397. The molecular weight excluding hydrogens is 439 g/mol. The van der Waals surface area contributed by atoms with Crippen LogP contribution in [0.15, 0.2) is 40.6 Å². The molecule has 3 heterocycles. The maximum Gasteiger partial charge on any atom is 0.277 e. The van der Waals surface area contributed by atoms with E-state index >= 15 is 0 Å². The highest BCUT2D eigenvalue weighted by atomic mass is 79.9. The average molecular weight is 451 g/mol. The van der Waals surface area contributed by atoms with Crippen molar-refractivity contribution in [1.82, 2.24) is 20.2 Å². The molecule has 3 aromatic rings. The van der Waals surface area contributed by atoms with E-state index in [2.05, 4.69) is 41.4 Å². The smallest absolute Gasteiger partial charge is 0.277 e. The molecule has 1 aliphatic heterocycles. The third-order valence-electron chi connectivity index (χ3n) is 3.81. The van der Waals surface area contributed by atoms with Crippen molar-refractivity contribution in [3.05, 3.63) is 52.1 Å². The van der Waals surface area contributed by atoms with Crippen LogP contribution in [0.25, 0.3) is 0 Å². The molecule has 1 aromatic carbocycles. The number of ether oxygens (including phenoxy) is 1. The van der Waals surface area contributed by atoms with E-state index in [0.717, 1.165) is 0 Å². The van der Waals surface area contributed by atoms with Crippen LogP contribution >= 0.6 is 27.3 Å². The maximum atomic E-state index is 13.3. The van der Waals surface area contributed by atoms with Gasteiger partial charge in [-0.05, 0) is 28.1 Å². The average Bonchev–Trinajstić information content (AvgIpc) is 3.14. The van der Waals surface area contributed by atoms with Crippen molar-refractivity contribution in [1.29, 1.82) is 0 Å². The quantitative estimate of drug-likeness (QED) is 0.638. The number of nitrogens with one attached hydrogen (secondary N) is 1. The summed E-state index contributed by atoms with van der Waals surface area (Å²) in [4.78, 5) is 22.4. The molecule has 1 fully saturated rings. The van der Waals surface area contributed by atoms with E-state index in [-0.39, 0.29) is 17.6 Å². The summed E-state index contributed by atoms with van der Waals surface area (Å²) in [5.74, 6) is 0.360. The molecule has 1 aliphatic rings. The molecule has 4 rings (SSSR count). The lowest BCUT2D eigenvalue weighted by Crippen LogP contribution is -2.54. The van der Waals surface area contributed by atoms with Crippen LogP contribution in [0.5, 0.6) is 5.75 Å². The van der Waals surface area contributed by atoms with Crippen LogP contribution in [0.3, 0.4) is 0 Å². The van der Waals surface area contributed by atoms with Gasteiger partial charge in [0.05, 0.1) is 30.0 Å². The van der Waals surface area contributed by atoms with E-state index in [1.165, 1.54) is 41.4 Å². The summed E-state index contributed by atoms with van der Waals surface area (Å²) in [5, 5.41) is 10.4. The highest BCUT2D eigenvalue weighted by Crippen LogP contribution is 2.29. The van der Waals surface area contributed by atoms with Gasteiger partial charge < -0.3 is 9.64 Å². The molecule has 0 saturated carbocycles. The van der Waals surface area contributed by atoms with Gasteiger partial charge in [-0.25, -0.2) is 14.4 Å². The number of halogens is 2. The van der Waals surface area contributed by atoms with Crippen molar-refractivity contribution >= 4 is 44.1 Å². The Labute approximate surface area is 165 Å². The number of aromatic nitrogens is 4. The van der Waals surface area contributed by atoms with E-state index in [1.54, 1.807) is 6.07 Å². The molecular formula is C16H12BrFN6O2S. The number of hydrogen-bond acceptors (Lipinski definition) is 8. The van der Waals surface area contributed by atoms with E-state index < -0.39 is 5.91 Å². The number of benzene rings is 1. The molecule has 11 heteroatoms. The molecule has 0 unspecified atom stereocenters. The molecule has 1 amide bonds. The van der Waals surface area contributed by atoms with Crippen molar-refractivity contribution in [3.8, 4) is 5.75 Å². The van der Waals surface area contributed by atoms with E-state index in [9.17, 15) is 9.18 Å². The Morgan fingerprint density at radius 2 is 2.19 bits per heavy atom. The zero-order valence-corrected chi connectivity index (χ0v) is 16.1. The van der Waals surface area contributed by atoms with Crippen LogP contribution in [0.1, 0.15) is 10.5 Å². The minimum absolute atomic E-state index is 0.0784. The molecule has 27 heavy (non-hydrogen) atoms. The monoisotopic (exact) mass is 450 g/mol. The van der Waals surface area contributed by atoms with Crippen molar-refractivity contribution in [2.75, 3.05) is 23.3 Å². The fourth-order valence-corrected chi connectivity index (χ4v) is 3.22. The van der Waals surface area contributed by atoms with Gasteiger partial charge in [0.15, 0.2) is 0 Å². The lowest BCUT2D eigenvalue weighted by molar-refractivity contribution is 0.102. The molecule has 1 N–H and O–H groups in total. The predicted octanol–water partition coefficient (Wildman–Crippen LogP) is 2.75. The Kier molecular flexibility index (Phi) is 4.94. The van der Waals surface area contributed by atoms with Crippen molar-refractivity contribution in [2.45, 2.75) is 6.10 Å². The second kappa shape index (κ2) is 7.53. The third kappa shape index (κ3) is 4.03. The van der Waals surface area contributed by atoms with Crippen LogP contribution in [0.4, 0.5) is 15.3 Å². The van der Waals surface area contributed by atoms with E-state index in [0.29, 0.717) is 34.3 Å². The second-order valence-corrected chi connectivity index (χ2v) is 7.36. The molecule has 8 nitrogen and oxygen atoms in total. The Bertz CT molecular complexity index is 950. The van der Waals surface area contributed by atoms with Gasteiger partial charge in [0, 0.05) is 6.07 Å². The van der Waals surface area contributed by atoms with Gasteiger partial charge in [0.2, 0.25) is 5.13 Å². The Morgan fingerprint density at radius 3 is 2.89 bits per heavy atom. The van der Waals surface area contributed by atoms with Gasteiger partial charge in [0.25, 0.3) is 5.91 Å². The minimum Gasteiger partial charge on any atom is -0.485 e. The summed E-state index contributed by atoms with van der Waals surface area (Å²) >= 11 is 4.56. The highest BCUT2D eigenvalue weighted by Gasteiger charge is 2.30. The van der Waals surface area contributed by atoms with Gasteiger partial charge in [-0.3, -0.25) is 10.1 Å². The molecule has 0 aliphatic carbocycles. The molecule has 138 valence electrons. The van der Waals surface area contributed by atoms with Crippen LogP contribution in [-0.2, 0) is 0 Å². The molecule has 0 bridgehead atoms. The zero-order valence-electron chi connectivity index (χ0n) is 13.7. The molecule has 1 saturated heterocycles. The zero-order chi connectivity index (χ0) is 18.8. The normalized spacial score (nSPS) is 13.9. The van der Waals surface area contributed by atoms with Crippen molar-refractivity contribution in [2.24, 2.45) is 0 Å². The summed E-state index contributed by atoms with van der Waals surface area (Å²) in [6, 6.07) is 4.32. The van der Waals surface area contributed by atoms with E-state index in [4.69, 9.17) is 4.74 Å². The van der Waals surface area contributed by atoms with E-state index in [1.807, 2.05) is 4.90 Å². The highest BCUT2D eigenvalue weighted by molar-refractivity contribution is 9.10. The number of nitrogens with zero attached hydrogens (tertiary/aromatic N) is 5. The first-order chi connectivity index (χ1) is 13.1. The second-order valence-electron chi connectivity index (χ2n) is 5.68. The number of carbonyl (C=O) groups excluding carboxylic acids is 1. The van der Waals surface area contributed by atoms with Gasteiger partial charge >= 0.3 is 0 Å². The first-order valence-corrected chi connectivity index (χ1v) is 9.52. The maximum absolute atomic E-state index is 13.3. The van der Waals surface area contributed by atoms with Crippen LogP contribution in [-0.4, -0.2) is 45.3 Å². The summed E-state index contributed by atoms with van der Waals surface area (Å²) in [5.41, 5.74) is 1.71. The van der Waals surface area contributed by atoms with Gasteiger partial charge in [-0.2, -0.15) is 0 Å². The number of carbonyl (C=O) groups is 1. The van der Waals surface area contributed by atoms with Crippen molar-refractivity contribution in [3.63, 3.8) is 0 Å². The first-order valence-electron chi connectivity index (χ1n) is 7.85. The van der Waals surface area contributed by atoms with Gasteiger partial charge in [-0.1, -0.05) is 11.3 Å². The van der Waals surface area contributed by atoms with Crippen LogP contribution < -0.4 is 15.0 Å². The Morgan fingerprint density at radius 1 is 1.33 bits per heavy atom. The summed E-state index contributed by atoms with van der Waals surface area (Å²) in [6.07, 6.45) is 2.86. The van der Waals surface area contributed by atoms with Crippen LogP contribution in [0, 0.1) is 5.82 Å². The number of rotatable bonds is 5. The largest absolute Gasteiger partial charge is 0.485 e. The standard InChI is InChI=1S/C16H12BrFN6O2S/c17-11-2-1-9(18)3-13(11)26-10-6-24(7-10)14-5-19-12(4-20-14)15(25)22-16-23-21-8-27-16/h1-5,8,10H,6-7H2,(H,22,23,25).